The highest BCUT2D eigenvalue weighted by Gasteiger charge is 2.17. The van der Waals surface area contributed by atoms with Crippen molar-refractivity contribution >= 4 is 11.7 Å². The summed E-state index contributed by atoms with van der Waals surface area (Å²) in [4.78, 5) is 18.2. The van der Waals surface area contributed by atoms with Gasteiger partial charge >= 0.3 is 0 Å². The van der Waals surface area contributed by atoms with E-state index in [1.807, 2.05) is 4.90 Å². The van der Waals surface area contributed by atoms with Crippen molar-refractivity contribution in [2.75, 3.05) is 18.5 Å². The molecule has 0 aliphatic carbocycles. The molecule has 1 amide bonds. The number of amides is 1. The molecule has 2 heterocycles. The highest BCUT2D eigenvalue weighted by Crippen LogP contribution is 2.14. The molecule has 1 aliphatic rings. The summed E-state index contributed by atoms with van der Waals surface area (Å²) >= 11 is 0. The van der Waals surface area contributed by atoms with Crippen molar-refractivity contribution in [1.82, 2.24) is 9.88 Å². The molecule has 1 saturated heterocycles. The molecular weight excluding hydrogens is 216 g/mol. The predicted octanol–water partition coefficient (Wildman–Crippen LogP) is 1.38. The van der Waals surface area contributed by atoms with Crippen LogP contribution in [-0.2, 0) is 0 Å². The van der Waals surface area contributed by atoms with Crippen LogP contribution in [0.15, 0.2) is 18.3 Å². The van der Waals surface area contributed by atoms with Gasteiger partial charge in [-0.15, -0.1) is 0 Å². The lowest BCUT2D eigenvalue weighted by atomic mass is 10.2. The fourth-order valence-electron chi connectivity index (χ4n) is 2.10. The number of carbonyl (C=O) groups is 1. The van der Waals surface area contributed by atoms with E-state index in [2.05, 4.69) is 10.4 Å². The molecule has 5 nitrogen and oxygen atoms in total. The van der Waals surface area contributed by atoms with Gasteiger partial charge in [-0.3, -0.25) is 4.79 Å². The van der Waals surface area contributed by atoms with Gasteiger partial charge in [0.25, 0.3) is 5.91 Å². The highest BCUT2D eigenvalue weighted by molar-refractivity contribution is 5.94. The molecule has 92 valence electrons. The van der Waals surface area contributed by atoms with Gasteiger partial charge in [-0.2, -0.15) is 0 Å². The standard InChI is InChI=1S/C12H18N4O/c13-15-11-9-10(5-6-14-11)12(17)16-7-3-1-2-4-8-16/h5-6,9H,1-4,7-8,13H2,(H,14,15). The van der Waals surface area contributed by atoms with Crippen molar-refractivity contribution in [3.05, 3.63) is 23.9 Å². The molecular formula is C12H18N4O. The minimum atomic E-state index is 0.0748. The van der Waals surface area contributed by atoms with Crippen LogP contribution in [0.25, 0.3) is 0 Å². The zero-order valence-corrected chi connectivity index (χ0v) is 9.85. The summed E-state index contributed by atoms with van der Waals surface area (Å²) in [5, 5.41) is 0. The molecule has 1 fully saturated rings. The number of aromatic nitrogens is 1. The molecule has 0 saturated carbocycles. The third-order valence-corrected chi connectivity index (χ3v) is 3.05. The fraction of sp³-hybridized carbons (Fsp3) is 0.500. The second-order valence-electron chi connectivity index (χ2n) is 4.28. The summed E-state index contributed by atoms with van der Waals surface area (Å²) in [5.41, 5.74) is 3.10. The Morgan fingerprint density at radius 2 is 2.00 bits per heavy atom. The van der Waals surface area contributed by atoms with Gasteiger partial charge in [0.1, 0.15) is 5.82 Å². The zero-order chi connectivity index (χ0) is 12.1. The summed E-state index contributed by atoms with van der Waals surface area (Å²) in [6.07, 6.45) is 6.23. The van der Waals surface area contributed by atoms with E-state index >= 15 is 0 Å². The molecule has 0 aromatic carbocycles. The van der Waals surface area contributed by atoms with Crippen LogP contribution in [-0.4, -0.2) is 28.9 Å². The summed E-state index contributed by atoms with van der Waals surface area (Å²) in [6.45, 7) is 1.71. The molecule has 0 bridgehead atoms. The maximum absolute atomic E-state index is 12.3. The van der Waals surface area contributed by atoms with Crippen LogP contribution in [0.1, 0.15) is 36.0 Å². The number of hydrazine groups is 1. The Kier molecular flexibility index (Phi) is 3.93. The molecule has 0 radical (unpaired) electrons. The number of hydrogen-bond acceptors (Lipinski definition) is 4. The van der Waals surface area contributed by atoms with Crippen LogP contribution < -0.4 is 11.3 Å². The Balaban J connectivity index is 2.11. The van der Waals surface area contributed by atoms with Gasteiger partial charge in [0.15, 0.2) is 0 Å². The van der Waals surface area contributed by atoms with Gasteiger partial charge in [0.2, 0.25) is 0 Å². The lowest BCUT2D eigenvalue weighted by molar-refractivity contribution is 0.0761. The Morgan fingerprint density at radius 3 is 2.65 bits per heavy atom. The minimum Gasteiger partial charge on any atom is -0.339 e. The Labute approximate surface area is 101 Å². The lowest BCUT2D eigenvalue weighted by Crippen LogP contribution is -2.31. The van der Waals surface area contributed by atoms with Crippen molar-refractivity contribution in [3.63, 3.8) is 0 Å². The number of hydrogen-bond donors (Lipinski definition) is 2. The molecule has 5 heteroatoms. The van der Waals surface area contributed by atoms with Gasteiger partial charge in [0.05, 0.1) is 0 Å². The Morgan fingerprint density at radius 1 is 1.29 bits per heavy atom. The van der Waals surface area contributed by atoms with Crippen molar-refractivity contribution in [3.8, 4) is 0 Å². The van der Waals surface area contributed by atoms with E-state index in [-0.39, 0.29) is 5.91 Å². The number of rotatable bonds is 2. The van der Waals surface area contributed by atoms with Gasteiger partial charge in [-0.25, -0.2) is 10.8 Å². The molecule has 3 N–H and O–H groups in total. The quantitative estimate of drug-likeness (QED) is 0.599. The summed E-state index contributed by atoms with van der Waals surface area (Å²) < 4.78 is 0. The first-order chi connectivity index (χ1) is 8.31. The molecule has 0 spiro atoms. The first kappa shape index (κ1) is 11.9. The number of pyridine rings is 1. The second-order valence-corrected chi connectivity index (χ2v) is 4.28. The van der Waals surface area contributed by atoms with Crippen molar-refractivity contribution in [2.45, 2.75) is 25.7 Å². The van der Waals surface area contributed by atoms with Gasteiger partial charge in [-0.05, 0) is 25.0 Å². The van der Waals surface area contributed by atoms with Crippen LogP contribution in [0.3, 0.4) is 0 Å². The number of anilines is 1. The minimum absolute atomic E-state index is 0.0748. The Hall–Kier alpha value is -1.62. The van der Waals surface area contributed by atoms with Crippen LogP contribution in [0, 0.1) is 0 Å². The number of nitrogens with zero attached hydrogens (tertiary/aromatic N) is 2. The van der Waals surface area contributed by atoms with E-state index in [4.69, 9.17) is 5.84 Å². The smallest absolute Gasteiger partial charge is 0.254 e. The van der Waals surface area contributed by atoms with E-state index in [1.54, 1.807) is 18.3 Å². The molecule has 17 heavy (non-hydrogen) atoms. The first-order valence-corrected chi connectivity index (χ1v) is 6.03. The number of nitrogens with two attached hydrogens (primary N) is 1. The average Bonchev–Trinajstić information content (AvgIpc) is 2.67. The second kappa shape index (κ2) is 5.63. The Bertz CT molecular complexity index is 386. The maximum atomic E-state index is 12.3. The van der Waals surface area contributed by atoms with Crippen molar-refractivity contribution < 1.29 is 4.79 Å². The van der Waals surface area contributed by atoms with E-state index in [1.165, 1.54) is 12.8 Å². The van der Waals surface area contributed by atoms with E-state index in [0.717, 1.165) is 25.9 Å². The number of likely N-dealkylation sites (tertiary alicyclic amines) is 1. The topological polar surface area (TPSA) is 71.2 Å². The molecule has 1 aliphatic heterocycles. The highest BCUT2D eigenvalue weighted by atomic mass is 16.2. The van der Waals surface area contributed by atoms with E-state index in [0.29, 0.717) is 11.4 Å². The number of nitrogens with one attached hydrogen (secondary N) is 1. The van der Waals surface area contributed by atoms with Crippen LogP contribution in [0.2, 0.25) is 0 Å². The van der Waals surface area contributed by atoms with Gasteiger partial charge in [0, 0.05) is 24.8 Å². The predicted molar refractivity (Wildman–Crippen MR) is 66.4 cm³/mol. The molecule has 1 aromatic heterocycles. The summed E-state index contributed by atoms with van der Waals surface area (Å²) in [7, 11) is 0. The largest absolute Gasteiger partial charge is 0.339 e. The zero-order valence-electron chi connectivity index (χ0n) is 9.85. The van der Waals surface area contributed by atoms with Crippen LogP contribution in [0.5, 0.6) is 0 Å². The van der Waals surface area contributed by atoms with Gasteiger partial charge in [-0.1, -0.05) is 12.8 Å². The monoisotopic (exact) mass is 234 g/mol. The lowest BCUT2D eigenvalue weighted by Gasteiger charge is -2.20. The average molecular weight is 234 g/mol. The van der Waals surface area contributed by atoms with Crippen LogP contribution in [0.4, 0.5) is 5.82 Å². The molecule has 0 unspecified atom stereocenters. The third-order valence-electron chi connectivity index (χ3n) is 3.05. The van der Waals surface area contributed by atoms with E-state index in [9.17, 15) is 4.79 Å². The fourth-order valence-corrected chi connectivity index (χ4v) is 2.10. The summed E-state index contributed by atoms with van der Waals surface area (Å²) in [5.74, 6) is 5.88. The maximum Gasteiger partial charge on any atom is 0.254 e. The van der Waals surface area contributed by atoms with Crippen LogP contribution >= 0.6 is 0 Å². The summed E-state index contributed by atoms with van der Waals surface area (Å²) in [6, 6.07) is 3.42. The SMILES string of the molecule is NNc1cc(C(=O)N2CCCCCC2)ccn1. The van der Waals surface area contributed by atoms with Gasteiger partial charge < -0.3 is 10.3 Å². The molecule has 2 rings (SSSR count). The molecule has 0 atom stereocenters. The normalized spacial score (nSPS) is 16.4. The first-order valence-electron chi connectivity index (χ1n) is 6.03. The number of carbonyl (C=O) groups excluding carboxylic acids is 1. The number of nitrogen functional groups attached to an aromatic ring is 1. The van der Waals surface area contributed by atoms with Crippen molar-refractivity contribution in [1.29, 1.82) is 0 Å². The van der Waals surface area contributed by atoms with E-state index < -0.39 is 0 Å². The third kappa shape index (κ3) is 2.94. The van der Waals surface area contributed by atoms with Crippen molar-refractivity contribution in [2.24, 2.45) is 5.84 Å². The molecule has 1 aromatic rings.